The van der Waals surface area contributed by atoms with Crippen molar-refractivity contribution >= 4 is 5.69 Å². The van der Waals surface area contributed by atoms with E-state index < -0.39 is 0 Å². The first-order valence-corrected chi connectivity index (χ1v) is 8.97. The van der Waals surface area contributed by atoms with E-state index in [0.717, 1.165) is 0 Å². The van der Waals surface area contributed by atoms with Crippen LogP contribution in [-0.2, 0) is 5.54 Å². The Morgan fingerprint density at radius 3 is 2.13 bits per heavy atom. The highest BCUT2D eigenvalue weighted by Crippen LogP contribution is 2.59. The fourth-order valence-corrected chi connectivity index (χ4v) is 5.02. The summed E-state index contributed by atoms with van der Waals surface area (Å²) in [6.45, 7) is 7.20. The third-order valence-electron chi connectivity index (χ3n) is 6.76. The molecule has 2 saturated heterocycles. The van der Waals surface area contributed by atoms with Gasteiger partial charge in [-0.2, -0.15) is 0 Å². The first kappa shape index (κ1) is 14.8. The first-order valence-electron chi connectivity index (χ1n) is 8.97. The van der Waals surface area contributed by atoms with Gasteiger partial charge in [-0.1, -0.05) is 55.5 Å². The van der Waals surface area contributed by atoms with E-state index in [1.165, 1.54) is 42.5 Å². The molecule has 23 heavy (non-hydrogen) atoms. The molecule has 1 unspecified atom stereocenters. The zero-order valence-corrected chi connectivity index (χ0v) is 14.5. The van der Waals surface area contributed by atoms with Crippen LogP contribution in [-0.4, -0.2) is 6.04 Å². The molecule has 1 heteroatoms. The summed E-state index contributed by atoms with van der Waals surface area (Å²) in [5.74, 6) is 0. The monoisotopic (exact) mass is 305 g/mol. The Kier molecular flexibility index (Phi) is 3.30. The lowest BCUT2D eigenvalue weighted by molar-refractivity contribution is 0.0398. The molecule has 0 radical (unpaired) electrons. The number of fused-ring (bicyclic) bond motifs is 3. The number of hydrogen-bond acceptors (Lipinski definition) is 1. The van der Waals surface area contributed by atoms with E-state index in [1.807, 2.05) is 0 Å². The lowest BCUT2D eigenvalue weighted by Gasteiger charge is -2.64. The van der Waals surface area contributed by atoms with Gasteiger partial charge in [0.05, 0.1) is 5.54 Å². The van der Waals surface area contributed by atoms with Crippen LogP contribution in [0.1, 0.15) is 50.7 Å². The molecule has 0 spiro atoms. The Bertz CT molecular complexity index is 695. The Morgan fingerprint density at radius 2 is 1.48 bits per heavy atom. The van der Waals surface area contributed by atoms with Crippen LogP contribution < -0.4 is 4.90 Å². The van der Waals surface area contributed by atoms with Crippen molar-refractivity contribution in [1.82, 2.24) is 0 Å². The number of benzene rings is 2. The molecule has 3 fully saturated rings. The molecular weight excluding hydrogens is 278 g/mol. The largest absolute Gasteiger partial charge is 0.358 e. The van der Waals surface area contributed by atoms with Crippen molar-refractivity contribution < 1.29 is 0 Å². The summed E-state index contributed by atoms with van der Waals surface area (Å²) in [7, 11) is 0. The molecule has 1 atom stereocenters. The van der Waals surface area contributed by atoms with Gasteiger partial charge in [-0.15, -0.1) is 0 Å². The van der Waals surface area contributed by atoms with E-state index in [-0.39, 0.29) is 5.54 Å². The zero-order valence-electron chi connectivity index (χ0n) is 14.5. The number of aryl methyl sites for hydroxylation is 1. The highest BCUT2D eigenvalue weighted by molar-refractivity contribution is 5.59. The Morgan fingerprint density at radius 1 is 0.870 bits per heavy atom. The standard InChI is InChI=1S/C22H27N/c1-17-9-7-8-12-20(17)23-18(2)21(3)13-15-22(23,16-14-21)19-10-5-4-6-11-19/h4-12,18H,13-16H2,1-3H3. The number of rotatable bonds is 2. The van der Waals surface area contributed by atoms with Crippen LogP contribution in [0.15, 0.2) is 54.6 Å². The van der Waals surface area contributed by atoms with Crippen molar-refractivity contribution in [2.45, 2.75) is 58.0 Å². The van der Waals surface area contributed by atoms with Crippen LogP contribution in [0, 0.1) is 12.3 Å². The highest BCUT2D eigenvalue weighted by Gasteiger charge is 2.56. The number of anilines is 1. The summed E-state index contributed by atoms with van der Waals surface area (Å²) in [6, 6.07) is 20.7. The van der Waals surface area contributed by atoms with Crippen molar-refractivity contribution in [3.05, 3.63) is 65.7 Å². The highest BCUT2D eigenvalue weighted by atomic mass is 15.3. The number of piperidine rings is 2. The molecule has 3 aliphatic rings. The second kappa shape index (κ2) is 5.12. The van der Waals surface area contributed by atoms with Crippen LogP contribution in [0.25, 0.3) is 0 Å². The van der Waals surface area contributed by atoms with Gasteiger partial charge in [0.25, 0.3) is 0 Å². The topological polar surface area (TPSA) is 3.24 Å². The van der Waals surface area contributed by atoms with Gasteiger partial charge in [-0.3, -0.25) is 0 Å². The molecule has 1 aliphatic carbocycles. The summed E-state index contributed by atoms with van der Waals surface area (Å²) < 4.78 is 0. The molecular formula is C22H27N. The van der Waals surface area contributed by atoms with Gasteiger partial charge in [0.15, 0.2) is 0 Å². The van der Waals surface area contributed by atoms with Crippen LogP contribution in [0.3, 0.4) is 0 Å². The summed E-state index contributed by atoms with van der Waals surface area (Å²) in [6.07, 6.45) is 5.22. The van der Waals surface area contributed by atoms with Gasteiger partial charge in [-0.25, -0.2) is 0 Å². The van der Waals surface area contributed by atoms with Crippen molar-refractivity contribution in [1.29, 1.82) is 0 Å². The average molecular weight is 305 g/mol. The Balaban J connectivity index is 1.91. The predicted molar refractivity (Wildman–Crippen MR) is 97.8 cm³/mol. The minimum absolute atomic E-state index is 0.171. The van der Waals surface area contributed by atoms with Gasteiger partial charge in [0, 0.05) is 11.7 Å². The Hall–Kier alpha value is -1.76. The molecule has 2 aliphatic heterocycles. The van der Waals surface area contributed by atoms with E-state index >= 15 is 0 Å². The van der Waals surface area contributed by atoms with Crippen molar-refractivity contribution in [2.75, 3.05) is 4.90 Å². The van der Waals surface area contributed by atoms with E-state index in [4.69, 9.17) is 0 Å². The van der Waals surface area contributed by atoms with Crippen LogP contribution in [0.4, 0.5) is 5.69 Å². The smallest absolute Gasteiger partial charge is 0.0657 e. The molecule has 0 N–H and O–H groups in total. The van der Waals surface area contributed by atoms with Crippen molar-refractivity contribution in [3.63, 3.8) is 0 Å². The molecule has 2 aromatic carbocycles. The minimum atomic E-state index is 0.171. The maximum atomic E-state index is 2.77. The molecule has 2 bridgehead atoms. The fraction of sp³-hybridized carbons (Fsp3) is 0.455. The van der Waals surface area contributed by atoms with Gasteiger partial charge < -0.3 is 4.90 Å². The number of nitrogens with zero attached hydrogens (tertiary/aromatic N) is 1. The summed E-state index contributed by atoms with van der Waals surface area (Å²) in [4.78, 5) is 2.77. The van der Waals surface area contributed by atoms with Gasteiger partial charge in [0.1, 0.15) is 0 Å². The second-order valence-electron chi connectivity index (χ2n) is 7.88. The van der Waals surface area contributed by atoms with Crippen molar-refractivity contribution in [3.8, 4) is 0 Å². The summed E-state index contributed by atoms with van der Waals surface area (Å²) in [5.41, 5.74) is 4.93. The second-order valence-corrected chi connectivity index (χ2v) is 7.88. The molecule has 5 rings (SSSR count). The Labute approximate surface area is 140 Å². The van der Waals surface area contributed by atoms with Crippen LogP contribution in [0.2, 0.25) is 0 Å². The molecule has 0 aromatic heterocycles. The summed E-state index contributed by atoms with van der Waals surface area (Å²) >= 11 is 0. The van der Waals surface area contributed by atoms with E-state index in [2.05, 4.69) is 80.3 Å². The van der Waals surface area contributed by atoms with Gasteiger partial charge in [-0.05, 0) is 62.1 Å². The molecule has 2 aromatic rings. The maximum absolute atomic E-state index is 2.77. The number of hydrogen-bond donors (Lipinski definition) is 0. The molecule has 120 valence electrons. The fourth-order valence-electron chi connectivity index (χ4n) is 5.02. The third-order valence-corrected chi connectivity index (χ3v) is 6.76. The zero-order chi connectivity index (χ0) is 16.1. The predicted octanol–water partition coefficient (Wildman–Crippen LogP) is 5.68. The summed E-state index contributed by atoms with van der Waals surface area (Å²) in [5, 5.41) is 0. The lowest BCUT2D eigenvalue weighted by Crippen LogP contribution is -2.65. The quantitative estimate of drug-likeness (QED) is 0.690. The minimum Gasteiger partial charge on any atom is -0.358 e. The normalized spacial score (nSPS) is 33.0. The molecule has 2 heterocycles. The van der Waals surface area contributed by atoms with Crippen LogP contribution >= 0.6 is 0 Å². The van der Waals surface area contributed by atoms with Crippen molar-refractivity contribution in [2.24, 2.45) is 5.41 Å². The maximum Gasteiger partial charge on any atom is 0.0657 e. The molecule has 1 saturated carbocycles. The lowest BCUT2D eigenvalue weighted by atomic mass is 9.57. The SMILES string of the molecule is Cc1ccccc1N1C(C)C2(C)CCC1(c1ccccc1)CC2. The third kappa shape index (κ3) is 2.06. The molecule has 0 amide bonds. The number of para-hydroxylation sites is 1. The average Bonchev–Trinajstić information content (AvgIpc) is 2.59. The van der Waals surface area contributed by atoms with Crippen LogP contribution in [0.5, 0.6) is 0 Å². The van der Waals surface area contributed by atoms with E-state index in [1.54, 1.807) is 0 Å². The molecule has 1 nitrogen and oxygen atoms in total. The van der Waals surface area contributed by atoms with E-state index in [9.17, 15) is 0 Å². The van der Waals surface area contributed by atoms with Gasteiger partial charge >= 0.3 is 0 Å². The first-order chi connectivity index (χ1) is 11.1. The van der Waals surface area contributed by atoms with E-state index in [0.29, 0.717) is 11.5 Å². The van der Waals surface area contributed by atoms with Gasteiger partial charge in [0.2, 0.25) is 0 Å².